The maximum absolute atomic E-state index is 6.11. The first-order valence-corrected chi connectivity index (χ1v) is 7.38. The van der Waals surface area contributed by atoms with Crippen LogP contribution in [0.25, 0.3) is 0 Å². The van der Waals surface area contributed by atoms with E-state index in [1.807, 2.05) is 0 Å². The molecular formula is C17H27NO. The average molecular weight is 261 g/mol. The molecule has 1 heterocycles. The van der Waals surface area contributed by atoms with Crippen molar-refractivity contribution < 1.29 is 4.74 Å². The van der Waals surface area contributed by atoms with Crippen molar-refractivity contribution in [3.8, 4) is 5.75 Å². The predicted molar refractivity (Wildman–Crippen MR) is 80.7 cm³/mol. The zero-order valence-electron chi connectivity index (χ0n) is 13.0. The standard InChI is InChI=1S/C17H27NO/c1-6-10-16(2,3)18-12-14-9-7-8-13-11-17(4,5)19-15(13)14/h7-9,18H,6,10-12H2,1-5H3. The van der Waals surface area contributed by atoms with Gasteiger partial charge < -0.3 is 10.1 Å². The lowest BCUT2D eigenvalue weighted by Crippen LogP contribution is -2.38. The smallest absolute Gasteiger partial charge is 0.127 e. The highest BCUT2D eigenvalue weighted by Gasteiger charge is 2.31. The molecule has 1 aliphatic rings. The van der Waals surface area contributed by atoms with Crippen LogP contribution in [-0.4, -0.2) is 11.1 Å². The molecule has 0 aliphatic carbocycles. The number of hydrogen-bond donors (Lipinski definition) is 1. The van der Waals surface area contributed by atoms with Gasteiger partial charge in [0.1, 0.15) is 11.4 Å². The van der Waals surface area contributed by atoms with Gasteiger partial charge in [-0.25, -0.2) is 0 Å². The maximum atomic E-state index is 6.11. The van der Waals surface area contributed by atoms with E-state index in [1.165, 1.54) is 24.0 Å². The van der Waals surface area contributed by atoms with Crippen molar-refractivity contribution in [1.29, 1.82) is 0 Å². The zero-order chi connectivity index (χ0) is 14.1. The van der Waals surface area contributed by atoms with Crippen molar-refractivity contribution in [1.82, 2.24) is 5.32 Å². The molecule has 0 radical (unpaired) electrons. The highest BCUT2D eigenvalue weighted by Crippen LogP contribution is 2.37. The van der Waals surface area contributed by atoms with Crippen LogP contribution < -0.4 is 10.1 Å². The van der Waals surface area contributed by atoms with Crippen molar-refractivity contribution in [2.45, 2.75) is 71.6 Å². The van der Waals surface area contributed by atoms with Crippen LogP contribution in [0.2, 0.25) is 0 Å². The molecule has 0 amide bonds. The fraction of sp³-hybridized carbons (Fsp3) is 0.647. The van der Waals surface area contributed by atoms with Crippen molar-refractivity contribution in [3.63, 3.8) is 0 Å². The minimum absolute atomic E-state index is 0.0582. The van der Waals surface area contributed by atoms with Gasteiger partial charge >= 0.3 is 0 Å². The minimum Gasteiger partial charge on any atom is -0.487 e. The number of ether oxygens (including phenoxy) is 1. The van der Waals surface area contributed by atoms with Gasteiger partial charge in [-0.15, -0.1) is 0 Å². The summed E-state index contributed by atoms with van der Waals surface area (Å²) in [5.41, 5.74) is 2.76. The third-order valence-electron chi connectivity index (χ3n) is 3.81. The summed E-state index contributed by atoms with van der Waals surface area (Å²) in [5.74, 6) is 1.10. The van der Waals surface area contributed by atoms with Gasteiger partial charge in [0.2, 0.25) is 0 Å². The lowest BCUT2D eigenvalue weighted by atomic mass is 9.97. The second-order valence-electron chi connectivity index (χ2n) is 6.93. The molecule has 2 heteroatoms. The Kier molecular flexibility index (Phi) is 3.91. The van der Waals surface area contributed by atoms with E-state index in [-0.39, 0.29) is 11.1 Å². The monoisotopic (exact) mass is 261 g/mol. The third kappa shape index (κ3) is 3.50. The third-order valence-corrected chi connectivity index (χ3v) is 3.81. The van der Waals surface area contributed by atoms with E-state index in [2.05, 4.69) is 58.1 Å². The molecule has 0 bridgehead atoms. The van der Waals surface area contributed by atoms with E-state index in [0.717, 1.165) is 18.7 Å². The van der Waals surface area contributed by atoms with Crippen LogP contribution in [0.5, 0.6) is 5.75 Å². The molecule has 1 aromatic rings. The first kappa shape index (κ1) is 14.4. The molecule has 0 spiro atoms. The summed E-state index contributed by atoms with van der Waals surface area (Å²) in [6, 6.07) is 6.51. The Balaban J connectivity index is 2.10. The summed E-state index contributed by atoms with van der Waals surface area (Å²) in [5, 5.41) is 3.65. The van der Waals surface area contributed by atoms with E-state index in [1.54, 1.807) is 0 Å². The average Bonchev–Trinajstić information content (AvgIpc) is 2.60. The molecule has 2 nitrogen and oxygen atoms in total. The Bertz CT molecular complexity index is 449. The molecule has 1 aromatic carbocycles. The summed E-state index contributed by atoms with van der Waals surface area (Å²) in [4.78, 5) is 0. The van der Waals surface area contributed by atoms with Crippen LogP contribution in [0.4, 0.5) is 0 Å². The van der Waals surface area contributed by atoms with Crippen molar-refractivity contribution in [2.24, 2.45) is 0 Å². The molecule has 0 fully saturated rings. The first-order valence-electron chi connectivity index (χ1n) is 7.38. The lowest BCUT2D eigenvalue weighted by Gasteiger charge is -2.26. The van der Waals surface area contributed by atoms with Crippen LogP contribution in [-0.2, 0) is 13.0 Å². The summed E-state index contributed by atoms with van der Waals surface area (Å²) in [6.45, 7) is 12.0. The van der Waals surface area contributed by atoms with Gasteiger partial charge in [-0.3, -0.25) is 0 Å². The Hall–Kier alpha value is -1.02. The topological polar surface area (TPSA) is 21.3 Å². The first-order chi connectivity index (χ1) is 8.83. The van der Waals surface area contributed by atoms with Gasteiger partial charge in [-0.05, 0) is 39.7 Å². The predicted octanol–water partition coefficient (Wildman–Crippen LogP) is 4.07. The largest absolute Gasteiger partial charge is 0.487 e. The highest BCUT2D eigenvalue weighted by atomic mass is 16.5. The van der Waals surface area contributed by atoms with Crippen molar-refractivity contribution in [2.75, 3.05) is 0 Å². The Morgan fingerprint density at radius 2 is 2.05 bits per heavy atom. The number of hydrogen-bond acceptors (Lipinski definition) is 2. The van der Waals surface area contributed by atoms with Crippen LogP contribution in [0.1, 0.15) is 58.6 Å². The zero-order valence-corrected chi connectivity index (χ0v) is 13.0. The summed E-state index contributed by atoms with van der Waals surface area (Å²) < 4.78 is 6.11. The number of fused-ring (bicyclic) bond motifs is 1. The van der Waals surface area contributed by atoms with Crippen LogP contribution in [0, 0.1) is 0 Å². The highest BCUT2D eigenvalue weighted by molar-refractivity contribution is 5.45. The van der Waals surface area contributed by atoms with E-state index >= 15 is 0 Å². The SMILES string of the molecule is CCCC(C)(C)NCc1cccc2c1OC(C)(C)C2. The summed E-state index contributed by atoms with van der Waals surface area (Å²) in [7, 11) is 0. The minimum atomic E-state index is -0.0582. The molecule has 1 N–H and O–H groups in total. The summed E-state index contributed by atoms with van der Waals surface area (Å²) in [6.07, 6.45) is 3.40. The Labute approximate surface area is 117 Å². The molecule has 0 unspecified atom stereocenters. The Morgan fingerprint density at radius 3 is 2.74 bits per heavy atom. The van der Waals surface area contributed by atoms with Gasteiger partial charge in [0.05, 0.1) is 0 Å². The number of benzene rings is 1. The second-order valence-corrected chi connectivity index (χ2v) is 6.93. The Morgan fingerprint density at radius 1 is 1.32 bits per heavy atom. The maximum Gasteiger partial charge on any atom is 0.127 e. The van der Waals surface area contributed by atoms with Gasteiger partial charge in [0.15, 0.2) is 0 Å². The van der Waals surface area contributed by atoms with Crippen LogP contribution in [0.3, 0.4) is 0 Å². The second kappa shape index (κ2) is 5.16. The van der Waals surface area contributed by atoms with E-state index in [4.69, 9.17) is 4.74 Å². The fourth-order valence-electron chi connectivity index (χ4n) is 2.87. The van der Waals surface area contributed by atoms with Crippen molar-refractivity contribution >= 4 is 0 Å². The molecule has 19 heavy (non-hydrogen) atoms. The molecule has 1 aliphatic heterocycles. The molecule has 0 atom stereocenters. The molecule has 0 saturated heterocycles. The number of rotatable bonds is 5. The van der Waals surface area contributed by atoms with Gasteiger partial charge in [-0.1, -0.05) is 31.5 Å². The molecule has 0 saturated carbocycles. The number of nitrogens with one attached hydrogen (secondary N) is 1. The fourth-order valence-corrected chi connectivity index (χ4v) is 2.87. The molecule has 2 rings (SSSR count). The summed E-state index contributed by atoms with van der Waals surface area (Å²) >= 11 is 0. The molecule has 106 valence electrons. The van der Waals surface area contributed by atoms with Crippen LogP contribution >= 0.6 is 0 Å². The number of para-hydroxylation sites is 1. The van der Waals surface area contributed by atoms with E-state index in [0.29, 0.717) is 0 Å². The molecule has 0 aromatic heterocycles. The van der Waals surface area contributed by atoms with Gasteiger partial charge in [0.25, 0.3) is 0 Å². The van der Waals surface area contributed by atoms with E-state index in [9.17, 15) is 0 Å². The lowest BCUT2D eigenvalue weighted by molar-refractivity contribution is 0.137. The van der Waals surface area contributed by atoms with Gasteiger partial charge in [0, 0.05) is 24.1 Å². The van der Waals surface area contributed by atoms with E-state index < -0.39 is 0 Å². The quantitative estimate of drug-likeness (QED) is 0.862. The van der Waals surface area contributed by atoms with Crippen molar-refractivity contribution in [3.05, 3.63) is 29.3 Å². The molecular weight excluding hydrogens is 234 g/mol. The normalized spacial score (nSPS) is 17.1. The van der Waals surface area contributed by atoms with Crippen LogP contribution in [0.15, 0.2) is 18.2 Å². The van der Waals surface area contributed by atoms with Gasteiger partial charge in [-0.2, -0.15) is 0 Å².